The molecule has 1 aliphatic rings. The summed E-state index contributed by atoms with van der Waals surface area (Å²) in [6.45, 7) is 12.6. The van der Waals surface area contributed by atoms with E-state index in [2.05, 4.69) is 62.4 Å². The lowest BCUT2D eigenvalue weighted by molar-refractivity contribution is 0.102. The first kappa shape index (κ1) is 36.3. The largest absolute Gasteiger partial charge is 0.493 e. The molecule has 0 saturated carbocycles. The van der Waals surface area contributed by atoms with Crippen molar-refractivity contribution in [3.05, 3.63) is 70.3 Å². The van der Waals surface area contributed by atoms with E-state index in [0.29, 0.717) is 5.56 Å². The molecule has 0 atom stereocenters. The number of hydrogen-bond acceptors (Lipinski definition) is 4. The summed E-state index contributed by atoms with van der Waals surface area (Å²) in [5.41, 5.74) is 4.97. The van der Waals surface area contributed by atoms with Gasteiger partial charge in [-0.3, -0.25) is 4.79 Å². The van der Waals surface area contributed by atoms with Gasteiger partial charge < -0.3 is 15.0 Å². The van der Waals surface area contributed by atoms with Gasteiger partial charge in [-0.05, 0) is 60.1 Å². The number of allylic oxidation sites excluding steroid dienone is 1. The highest BCUT2D eigenvalue weighted by molar-refractivity contribution is 8.93. The lowest BCUT2D eigenvalue weighted by Gasteiger charge is -2.24. The number of rotatable bonds is 18. The zero-order chi connectivity index (χ0) is 29.5. The van der Waals surface area contributed by atoms with E-state index in [0.717, 1.165) is 42.4 Å². The van der Waals surface area contributed by atoms with Crippen molar-refractivity contribution in [1.82, 2.24) is 4.90 Å². The van der Waals surface area contributed by atoms with Crippen molar-refractivity contribution < 1.29 is 9.53 Å². The van der Waals surface area contributed by atoms with Crippen LogP contribution in [0, 0.1) is 0 Å². The Morgan fingerprint density at radius 2 is 1.48 bits per heavy atom. The molecule has 0 unspecified atom stereocenters. The molecule has 1 aliphatic heterocycles. The molecule has 0 aliphatic carbocycles. The van der Waals surface area contributed by atoms with E-state index >= 15 is 0 Å². The van der Waals surface area contributed by atoms with Crippen LogP contribution >= 0.6 is 28.7 Å². The van der Waals surface area contributed by atoms with E-state index in [1.165, 1.54) is 81.9 Å². The number of benzene rings is 2. The summed E-state index contributed by atoms with van der Waals surface area (Å²) in [7, 11) is 0. The molecular formula is C36H55BrN2O2S. The first-order valence-corrected chi connectivity index (χ1v) is 17.0. The number of nitrogens with zero attached hydrogens (tertiary/aromatic N) is 1. The van der Waals surface area contributed by atoms with Gasteiger partial charge in [-0.25, -0.2) is 0 Å². The molecule has 0 fully saturated rings. The maximum absolute atomic E-state index is 13.1. The molecule has 4 nitrogen and oxygen atoms in total. The van der Waals surface area contributed by atoms with E-state index in [1.54, 1.807) is 0 Å². The minimum atomic E-state index is -0.121. The Morgan fingerprint density at radius 3 is 2.02 bits per heavy atom. The maximum atomic E-state index is 13.1. The molecule has 0 bridgehead atoms. The van der Waals surface area contributed by atoms with Gasteiger partial charge in [-0.15, -0.1) is 28.7 Å². The van der Waals surface area contributed by atoms with Crippen molar-refractivity contribution in [3.8, 4) is 5.75 Å². The SMILES string of the molecule is Br.CCCCCCCCCCCCCCOc1ccc(C(=O)Nc2ccc(CN3CSC=C3C)cc2)cc1C(C)(C)C. The Labute approximate surface area is 271 Å². The fraction of sp³-hybridized carbons (Fsp3) is 0.583. The molecule has 42 heavy (non-hydrogen) atoms. The van der Waals surface area contributed by atoms with Crippen LogP contribution in [-0.4, -0.2) is 23.3 Å². The molecule has 3 rings (SSSR count). The predicted octanol–water partition coefficient (Wildman–Crippen LogP) is 11.3. The molecule has 0 spiro atoms. The number of thioether (sulfide) groups is 1. The maximum Gasteiger partial charge on any atom is 0.255 e. The second-order valence-corrected chi connectivity index (χ2v) is 13.4. The summed E-state index contributed by atoms with van der Waals surface area (Å²) in [5, 5.41) is 5.28. The normalized spacial score (nSPS) is 13.1. The van der Waals surface area contributed by atoms with E-state index in [-0.39, 0.29) is 28.3 Å². The van der Waals surface area contributed by atoms with Crippen LogP contribution in [0.5, 0.6) is 5.75 Å². The van der Waals surface area contributed by atoms with Crippen molar-refractivity contribution in [2.24, 2.45) is 0 Å². The summed E-state index contributed by atoms with van der Waals surface area (Å²) in [6.07, 6.45) is 16.0. The Balaban J connectivity index is 0.00000616. The quantitative estimate of drug-likeness (QED) is 0.162. The van der Waals surface area contributed by atoms with Crippen molar-refractivity contribution in [2.75, 3.05) is 17.8 Å². The van der Waals surface area contributed by atoms with Crippen molar-refractivity contribution in [1.29, 1.82) is 0 Å². The number of carbonyl (C=O) groups is 1. The number of nitrogens with one attached hydrogen (secondary N) is 1. The van der Waals surface area contributed by atoms with Gasteiger partial charge in [0.15, 0.2) is 0 Å². The number of hydrogen-bond donors (Lipinski definition) is 1. The van der Waals surface area contributed by atoms with Crippen LogP contribution < -0.4 is 10.1 Å². The van der Waals surface area contributed by atoms with Gasteiger partial charge in [0.25, 0.3) is 5.91 Å². The van der Waals surface area contributed by atoms with Gasteiger partial charge in [0.2, 0.25) is 0 Å². The molecule has 1 N–H and O–H groups in total. The number of ether oxygens (including phenoxy) is 1. The zero-order valence-electron chi connectivity index (χ0n) is 26.8. The molecule has 1 amide bonds. The van der Waals surface area contributed by atoms with E-state index < -0.39 is 0 Å². The Hall–Kier alpha value is -1.92. The molecule has 0 radical (unpaired) electrons. The fourth-order valence-corrected chi connectivity index (χ4v) is 6.16. The predicted molar refractivity (Wildman–Crippen MR) is 188 cm³/mol. The third-order valence-electron chi connectivity index (χ3n) is 7.87. The summed E-state index contributed by atoms with van der Waals surface area (Å²) in [5.74, 6) is 1.80. The average Bonchev–Trinajstić information content (AvgIpc) is 3.35. The molecule has 2 aromatic rings. The zero-order valence-corrected chi connectivity index (χ0v) is 29.3. The number of unbranched alkanes of at least 4 members (excludes halogenated alkanes) is 11. The fourth-order valence-electron chi connectivity index (χ4n) is 5.22. The van der Waals surface area contributed by atoms with E-state index in [9.17, 15) is 4.79 Å². The average molecular weight is 660 g/mol. The molecule has 6 heteroatoms. The Morgan fingerprint density at radius 1 is 0.881 bits per heavy atom. The van der Waals surface area contributed by atoms with Crippen molar-refractivity contribution in [3.63, 3.8) is 0 Å². The number of anilines is 1. The molecule has 234 valence electrons. The van der Waals surface area contributed by atoms with Crippen LogP contribution in [0.1, 0.15) is 133 Å². The van der Waals surface area contributed by atoms with E-state index in [4.69, 9.17) is 4.74 Å². The van der Waals surface area contributed by atoms with Crippen molar-refractivity contribution >= 4 is 40.3 Å². The second kappa shape index (κ2) is 19.4. The summed E-state index contributed by atoms with van der Waals surface area (Å²) in [4.78, 5) is 15.5. The minimum Gasteiger partial charge on any atom is -0.493 e. The highest BCUT2D eigenvalue weighted by Gasteiger charge is 2.21. The Kier molecular flexibility index (Phi) is 16.7. The van der Waals surface area contributed by atoms with E-state index in [1.807, 2.05) is 42.1 Å². The smallest absolute Gasteiger partial charge is 0.255 e. The summed E-state index contributed by atoms with van der Waals surface area (Å²) < 4.78 is 6.24. The van der Waals surface area contributed by atoms with Gasteiger partial charge in [0, 0.05) is 29.1 Å². The van der Waals surface area contributed by atoms with Crippen LogP contribution in [0.25, 0.3) is 0 Å². The third kappa shape index (κ3) is 12.8. The lowest BCUT2D eigenvalue weighted by Crippen LogP contribution is -2.18. The topological polar surface area (TPSA) is 41.6 Å². The summed E-state index contributed by atoms with van der Waals surface area (Å²) in [6, 6.07) is 14.0. The highest BCUT2D eigenvalue weighted by atomic mass is 79.9. The van der Waals surface area contributed by atoms with Gasteiger partial charge in [0.05, 0.1) is 12.5 Å². The van der Waals surface area contributed by atoms with Crippen LogP contribution in [-0.2, 0) is 12.0 Å². The minimum absolute atomic E-state index is 0. The van der Waals surface area contributed by atoms with Gasteiger partial charge in [-0.2, -0.15) is 0 Å². The third-order valence-corrected chi connectivity index (χ3v) is 8.84. The van der Waals surface area contributed by atoms with Gasteiger partial charge in [-0.1, -0.05) is 110 Å². The first-order chi connectivity index (χ1) is 19.8. The van der Waals surface area contributed by atoms with Crippen LogP contribution in [0.2, 0.25) is 0 Å². The monoisotopic (exact) mass is 658 g/mol. The molecule has 2 aromatic carbocycles. The summed E-state index contributed by atoms with van der Waals surface area (Å²) >= 11 is 1.83. The van der Waals surface area contributed by atoms with Crippen LogP contribution in [0.15, 0.2) is 53.6 Å². The highest BCUT2D eigenvalue weighted by Crippen LogP contribution is 2.33. The molecule has 1 heterocycles. The molecule has 0 saturated heterocycles. The van der Waals surface area contributed by atoms with Gasteiger partial charge in [0.1, 0.15) is 5.75 Å². The number of halogens is 1. The Bertz CT molecular complexity index is 1090. The first-order valence-electron chi connectivity index (χ1n) is 16.0. The van der Waals surface area contributed by atoms with Crippen molar-refractivity contribution in [2.45, 2.75) is 124 Å². The molecular weight excluding hydrogens is 604 g/mol. The van der Waals surface area contributed by atoms with Crippen LogP contribution in [0.4, 0.5) is 5.69 Å². The standard InChI is InChI=1S/C36H54N2O2S.BrH/c1-6-7-8-9-10-11-12-13-14-15-16-17-24-40-34-23-20-31(25-33(34)36(3,4)5)35(39)37-32-21-18-30(19-22-32)26-38-28-41-27-29(38)2;/h18-23,25,27H,6-17,24,26,28H2,1-5H3,(H,37,39);1H. The second-order valence-electron chi connectivity index (χ2n) is 12.6. The lowest BCUT2D eigenvalue weighted by atomic mass is 9.85. The number of amides is 1. The van der Waals surface area contributed by atoms with Gasteiger partial charge >= 0.3 is 0 Å². The van der Waals surface area contributed by atoms with Crippen LogP contribution in [0.3, 0.4) is 0 Å². The number of carbonyl (C=O) groups excluding carboxylic acids is 1. The molecule has 0 aromatic heterocycles.